The molecule has 4 N–H and O–H groups in total. The highest BCUT2D eigenvalue weighted by molar-refractivity contribution is 5.79. The standard InChI is InChI=1S/C25H23NO4.C2H5NO2/c27-24(28)14-13-17-9-11-18(12-10-17)15-26-25(29)30-16-23-21-7-3-1-5-19(21)20-6-2-4-8-22(20)23;1-5-2(3)4/h1-12,23H,13-16H2,(H,26,29)(H,27,28);1H3,(H2,3,4). The fraction of sp³-hybridized carbons (Fsp3) is 0.222. The second-order valence-electron chi connectivity index (χ2n) is 7.91. The maximum atomic E-state index is 12.2. The Kier molecular flexibility index (Phi) is 8.83. The number of fused-ring (bicyclic) bond motifs is 3. The summed E-state index contributed by atoms with van der Waals surface area (Å²) in [5, 5.41) is 11.5. The minimum Gasteiger partial charge on any atom is -0.481 e. The second kappa shape index (κ2) is 12.2. The first-order valence-corrected chi connectivity index (χ1v) is 11.1. The van der Waals surface area contributed by atoms with Gasteiger partial charge in [0.2, 0.25) is 0 Å². The molecule has 35 heavy (non-hydrogen) atoms. The van der Waals surface area contributed by atoms with E-state index in [1.165, 1.54) is 29.4 Å². The Balaban J connectivity index is 0.000000623. The molecule has 0 bridgehead atoms. The van der Waals surface area contributed by atoms with Gasteiger partial charge in [0.25, 0.3) is 0 Å². The van der Waals surface area contributed by atoms with Crippen molar-refractivity contribution in [2.24, 2.45) is 5.73 Å². The van der Waals surface area contributed by atoms with Gasteiger partial charge < -0.3 is 25.6 Å². The maximum Gasteiger partial charge on any atom is 0.407 e. The van der Waals surface area contributed by atoms with E-state index in [4.69, 9.17) is 9.84 Å². The van der Waals surface area contributed by atoms with Crippen LogP contribution in [0.5, 0.6) is 0 Å². The van der Waals surface area contributed by atoms with E-state index in [0.29, 0.717) is 13.0 Å². The van der Waals surface area contributed by atoms with E-state index in [1.807, 2.05) is 48.5 Å². The zero-order chi connectivity index (χ0) is 25.2. The predicted octanol–water partition coefficient (Wildman–Crippen LogP) is 4.45. The van der Waals surface area contributed by atoms with Crippen LogP contribution in [0.1, 0.15) is 34.6 Å². The summed E-state index contributed by atoms with van der Waals surface area (Å²) in [6.45, 7) is 0.643. The molecule has 3 aromatic carbocycles. The number of ether oxygens (including phenoxy) is 2. The van der Waals surface area contributed by atoms with Gasteiger partial charge in [-0.05, 0) is 39.8 Å². The van der Waals surface area contributed by atoms with Crippen LogP contribution < -0.4 is 11.1 Å². The molecule has 0 aromatic heterocycles. The smallest absolute Gasteiger partial charge is 0.407 e. The van der Waals surface area contributed by atoms with E-state index in [1.54, 1.807) is 0 Å². The summed E-state index contributed by atoms with van der Waals surface area (Å²) in [6, 6.07) is 24.0. The summed E-state index contributed by atoms with van der Waals surface area (Å²) in [4.78, 5) is 32.3. The third kappa shape index (κ3) is 7.07. The van der Waals surface area contributed by atoms with E-state index in [2.05, 4.69) is 40.1 Å². The Labute approximate surface area is 203 Å². The molecule has 0 radical (unpaired) electrons. The molecule has 0 aliphatic heterocycles. The van der Waals surface area contributed by atoms with Gasteiger partial charge in [0.1, 0.15) is 6.61 Å². The number of carbonyl (C=O) groups is 3. The zero-order valence-corrected chi connectivity index (χ0v) is 19.4. The average Bonchev–Trinajstić information content (AvgIpc) is 3.19. The molecule has 0 fully saturated rings. The van der Waals surface area contributed by atoms with E-state index in [9.17, 15) is 14.4 Å². The van der Waals surface area contributed by atoms with Crippen molar-refractivity contribution in [3.05, 3.63) is 95.1 Å². The molecule has 0 unspecified atom stereocenters. The lowest BCUT2D eigenvalue weighted by Gasteiger charge is -2.14. The number of hydrogen-bond donors (Lipinski definition) is 3. The molecule has 8 heteroatoms. The first kappa shape index (κ1) is 25.3. The predicted molar refractivity (Wildman–Crippen MR) is 131 cm³/mol. The van der Waals surface area contributed by atoms with Crippen molar-refractivity contribution in [3.8, 4) is 11.1 Å². The molecule has 0 saturated carbocycles. The lowest BCUT2D eigenvalue weighted by molar-refractivity contribution is -0.136. The zero-order valence-electron chi connectivity index (χ0n) is 19.4. The number of rotatable bonds is 7. The number of alkyl carbamates (subject to hydrolysis) is 1. The molecule has 0 spiro atoms. The molecule has 0 atom stereocenters. The lowest BCUT2D eigenvalue weighted by Crippen LogP contribution is -2.25. The monoisotopic (exact) mass is 476 g/mol. The van der Waals surface area contributed by atoms with Gasteiger partial charge in [-0.2, -0.15) is 0 Å². The Hall–Kier alpha value is -4.33. The van der Waals surface area contributed by atoms with Crippen LogP contribution in [-0.4, -0.2) is 37.0 Å². The first-order valence-electron chi connectivity index (χ1n) is 11.1. The third-order valence-electron chi connectivity index (χ3n) is 5.63. The molecule has 0 saturated heterocycles. The average molecular weight is 477 g/mol. The Morgan fingerprint density at radius 2 is 1.40 bits per heavy atom. The van der Waals surface area contributed by atoms with Crippen LogP contribution in [0.3, 0.4) is 0 Å². The van der Waals surface area contributed by atoms with E-state index < -0.39 is 18.2 Å². The highest BCUT2D eigenvalue weighted by atomic mass is 16.5. The van der Waals surface area contributed by atoms with Gasteiger partial charge in [-0.15, -0.1) is 0 Å². The summed E-state index contributed by atoms with van der Waals surface area (Å²) in [5.74, 6) is -0.771. The van der Waals surface area contributed by atoms with Crippen molar-refractivity contribution >= 4 is 18.2 Å². The molecule has 0 heterocycles. The number of methoxy groups -OCH3 is 1. The number of hydrogen-bond acceptors (Lipinski definition) is 5. The van der Waals surface area contributed by atoms with Crippen molar-refractivity contribution in [2.75, 3.05) is 13.7 Å². The molecule has 182 valence electrons. The number of nitrogens with two attached hydrogens (primary N) is 1. The van der Waals surface area contributed by atoms with Gasteiger partial charge in [0, 0.05) is 18.9 Å². The van der Waals surface area contributed by atoms with Crippen molar-refractivity contribution in [3.63, 3.8) is 0 Å². The molecule has 3 aromatic rings. The number of amides is 2. The highest BCUT2D eigenvalue weighted by Gasteiger charge is 2.28. The Morgan fingerprint density at radius 3 is 1.91 bits per heavy atom. The third-order valence-corrected chi connectivity index (χ3v) is 5.63. The number of carboxylic acids is 1. The summed E-state index contributed by atoms with van der Waals surface area (Å²) in [6.07, 6.45) is -0.593. The van der Waals surface area contributed by atoms with Crippen LogP contribution in [0, 0.1) is 0 Å². The quantitative estimate of drug-likeness (QED) is 0.462. The largest absolute Gasteiger partial charge is 0.481 e. The van der Waals surface area contributed by atoms with Crippen LogP contribution in [-0.2, 0) is 27.2 Å². The minimum absolute atomic E-state index is 0.0386. The van der Waals surface area contributed by atoms with Crippen LogP contribution in [0.4, 0.5) is 9.59 Å². The second-order valence-corrected chi connectivity index (χ2v) is 7.91. The van der Waals surface area contributed by atoms with Gasteiger partial charge in [0.15, 0.2) is 0 Å². The van der Waals surface area contributed by atoms with Crippen molar-refractivity contribution in [1.29, 1.82) is 0 Å². The first-order chi connectivity index (χ1) is 16.9. The molecule has 4 rings (SSSR count). The van der Waals surface area contributed by atoms with Crippen LogP contribution in [0.25, 0.3) is 11.1 Å². The number of aliphatic carboxylic acids is 1. The number of primary amides is 1. The van der Waals surface area contributed by atoms with E-state index in [-0.39, 0.29) is 18.9 Å². The summed E-state index contributed by atoms with van der Waals surface area (Å²) in [5.41, 5.74) is 11.1. The normalized spacial score (nSPS) is 11.3. The fourth-order valence-electron chi connectivity index (χ4n) is 3.90. The van der Waals surface area contributed by atoms with Gasteiger partial charge in [-0.3, -0.25) is 4.79 Å². The summed E-state index contributed by atoms with van der Waals surface area (Å²) < 4.78 is 9.42. The molecular formula is C27H28N2O6. The van der Waals surface area contributed by atoms with Gasteiger partial charge in [0.05, 0.1) is 7.11 Å². The molecule has 8 nitrogen and oxygen atoms in total. The van der Waals surface area contributed by atoms with Gasteiger partial charge >= 0.3 is 18.2 Å². The Morgan fingerprint density at radius 1 is 0.886 bits per heavy atom. The fourth-order valence-corrected chi connectivity index (χ4v) is 3.90. The van der Waals surface area contributed by atoms with Crippen LogP contribution in [0.2, 0.25) is 0 Å². The number of carbonyl (C=O) groups excluding carboxylic acids is 2. The molecule has 1 aliphatic carbocycles. The number of aryl methyl sites for hydroxylation is 1. The van der Waals surface area contributed by atoms with Crippen LogP contribution >= 0.6 is 0 Å². The molecular weight excluding hydrogens is 448 g/mol. The van der Waals surface area contributed by atoms with Gasteiger partial charge in [-0.1, -0.05) is 72.8 Å². The lowest BCUT2D eigenvalue weighted by atomic mass is 9.98. The summed E-state index contributed by atoms with van der Waals surface area (Å²) >= 11 is 0. The number of nitrogens with one attached hydrogen (secondary N) is 1. The number of carboxylic acid groups (broad SMARTS) is 1. The van der Waals surface area contributed by atoms with Crippen LogP contribution in [0.15, 0.2) is 72.8 Å². The minimum atomic E-state index is -0.809. The molecule has 2 amide bonds. The van der Waals surface area contributed by atoms with Crippen molar-refractivity contribution < 1.29 is 29.0 Å². The number of benzene rings is 3. The van der Waals surface area contributed by atoms with Crippen molar-refractivity contribution in [2.45, 2.75) is 25.3 Å². The van der Waals surface area contributed by atoms with E-state index in [0.717, 1.165) is 11.1 Å². The van der Waals surface area contributed by atoms with Crippen molar-refractivity contribution in [1.82, 2.24) is 5.32 Å². The topological polar surface area (TPSA) is 128 Å². The Bertz CT molecular complexity index is 1130. The maximum absolute atomic E-state index is 12.2. The highest BCUT2D eigenvalue weighted by Crippen LogP contribution is 2.44. The summed E-state index contributed by atoms with van der Waals surface area (Å²) in [7, 11) is 1.22. The SMILES string of the molecule is COC(N)=O.O=C(O)CCc1ccc(CNC(=O)OCC2c3ccccc3-c3ccccc32)cc1. The molecule has 1 aliphatic rings. The van der Waals surface area contributed by atoms with E-state index >= 15 is 0 Å². The van der Waals surface area contributed by atoms with Gasteiger partial charge in [-0.25, -0.2) is 9.59 Å².